The molecule has 1 rings (SSSR count). The van der Waals surface area contributed by atoms with Crippen LogP contribution in [0.2, 0.25) is 0 Å². The molecule has 70 valence electrons. The molecule has 0 aromatic carbocycles. The van der Waals surface area contributed by atoms with Crippen LogP contribution < -0.4 is 4.73 Å². The molecule has 13 heavy (non-hydrogen) atoms. The maximum absolute atomic E-state index is 11.1. The van der Waals surface area contributed by atoms with E-state index in [2.05, 4.69) is 4.74 Å². The highest BCUT2D eigenvalue weighted by Crippen LogP contribution is 2.11. The zero-order valence-corrected chi connectivity index (χ0v) is 7.91. The third-order valence-corrected chi connectivity index (χ3v) is 2.35. The van der Waals surface area contributed by atoms with E-state index < -0.39 is 0 Å². The van der Waals surface area contributed by atoms with Crippen molar-refractivity contribution in [2.24, 2.45) is 0 Å². The van der Waals surface area contributed by atoms with E-state index in [0.29, 0.717) is 9.76 Å². The number of carbonyl (C=O) groups is 1. The summed E-state index contributed by atoms with van der Waals surface area (Å²) in [4.78, 5) is 10.7. The summed E-state index contributed by atoms with van der Waals surface area (Å²) in [7, 11) is 1.32. The lowest BCUT2D eigenvalue weighted by Gasteiger charge is -2.01. The second-order valence-corrected chi connectivity index (χ2v) is 3.23. The van der Waals surface area contributed by atoms with Crippen molar-refractivity contribution in [3.63, 3.8) is 0 Å². The summed E-state index contributed by atoms with van der Waals surface area (Å²) in [6.07, 6.45) is 1.39. The van der Waals surface area contributed by atoms with Crippen LogP contribution >= 0.6 is 11.8 Å². The highest BCUT2D eigenvalue weighted by atomic mass is 32.2. The topological polar surface area (TPSA) is 53.2 Å². The number of rotatable bonds is 3. The molecule has 0 radical (unpaired) electrons. The van der Waals surface area contributed by atoms with Gasteiger partial charge in [-0.05, 0) is 17.8 Å². The van der Waals surface area contributed by atoms with Crippen molar-refractivity contribution in [2.75, 3.05) is 12.9 Å². The number of ether oxygens (including phenoxy) is 1. The van der Waals surface area contributed by atoms with Gasteiger partial charge in [0.05, 0.1) is 7.11 Å². The summed E-state index contributed by atoms with van der Waals surface area (Å²) in [5.74, 6) is -0.184. The molecule has 0 spiro atoms. The fraction of sp³-hybridized carbons (Fsp3) is 0.250. The van der Waals surface area contributed by atoms with Gasteiger partial charge in [-0.15, -0.1) is 0 Å². The summed E-state index contributed by atoms with van der Waals surface area (Å²) >= 11 is 1.16. The van der Waals surface area contributed by atoms with Crippen LogP contribution in [0.15, 0.2) is 29.4 Å². The molecule has 0 aliphatic rings. The first-order valence-electron chi connectivity index (χ1n) is 3.62. The van der Waals surface area contributed by atoms with Crippen LogP contribution in [0, 0.1) is 5.21 Å². The maximum atomic E-state index is 11.1. The standard InChI is InChI=1S/C8H9NO3S/c1-12-8(10)6-13-7-4-2-3-5-9(7)11/h2-5H,6H2,1H3. The second-order valence-electron chi connectivity index (χ2n) is 2.23. The molecule has 1 heterocycles. The maximum Gasteiger partial charge on any atom is 0.316 e. The molecule has 0 aliphatic carbocycles. The van der Waals surface area contributed by atoms with Gasteiger partial charge in [-0.1, -0.05) is 0 Å². The van der Waals surface area contributed by atoms with Crippen molar-refractivity contribution in [1.82, 2.24) is 0 Å². The Kier molecular flexibility index (Phi) is 3.57. The first kappa shape index (κ1) is 9.85. The Bertz CT molecular complexity index is 303. The average Bonchev–Trinajstić information content (AvgIpc) is 2.16. The van der Waals surface area contributed by atoms with E-state index in [1.165, 1.54) is 13.3 Å². The molecule has 1 aromatic heterocycles. The molecule has 0 atom stereocenters. The number of esters is 1. The van der Waals surface area contributed by atoms with Gasteiger partial charge in [-0.25, -0.2) is 0 Å². The van der Waals surface area contributed by atoms with Crippen LogP contribution in [0.4, 0.5) is 0 Å². The summed E-state index contributed by atoms with van der Waals surface area (Å²) in [5, 5.41) is 11.6. The van der Waals surface area contributed by atoms with Gasteiger partial charge >= 0.3 is 5.97 Å². The number of hydrogen-bond donors (Lipinski definition) is 0. The minimum absolute atomic E-state index is 0.156. The Balaban J connectivity index is 2.54. The summed E-state index contributed by atoms with van der Waals surface area (Å²) in [5.41, 5.74) is 0. The number of hydrogen-bond acceptors (Lipinski definition) is 4. The van der Waals surface area contributed by atoms with Crippen LogP contribution in [0.1, 0.15) is 0 Å². The van der Waals surface area contributed by atoms with Gasteiger partial charge in [0.15, 0.2) is 6.20 Å². The van der Waals surface area contributed by atoms with E-state index in [0.717, 1.165) is 11.8 Å². The van der Waals surface area contributed by atoms with Gasteiger partial charge in [-0.2, -0.15) is 4.73 Å². The van der Waals surface area contributed by atoms with Gasteiger partial charge in [-0.3, -0.25) is 4.79 Å². The fourth-order valence-electron chi connectivity index (χ4n) is 0.716. The first-order valence-corrected chi connectivity index (χ1v) is 4.60. The molecule has 4 nitrogen and oxygen atoms in total. The molecule has 0 fully saturated rings. The number of carbonyl (C=O) groups excluding carboxylic acids is 1. The number of aromatic nitrogens is 1. The Hall–Kier alpha value is -1.23. The van der Waals surface area contributed by atoms with Gasteiger partial charge in [0.1, 0.15) is 5.75 Å². The highest BCUT2D eigenvalue weighted by Gasteiger charge is 2.07. The van der Waals surface area contributed by atoms with E-state index in [9.17, 15) is 10.0 Å². The van der Waals surface area contributed by atoms with Gasteiger partial charge < -0.3 is 9.94 Å². The van der Waals surface area contributed by atoms with E-state index in [1.807, 2.05) is 0 Å². The summed E-state index contributed by atoms with van der Waals surface area (Å²) in [6.45, 7) is 0. The minimum atomic E-state index is -0.339. The van der Waals surface area contributed by atoms with Crippen molar-refractivity contribution in [3.05, 3.63) is 29.6 Å². The van der Waals surface area contributed by atoms with Crippen LogP contribution in [0.3, 0.4) is 0 Å². The second kappa shape index (κ2) is 4.71. The predicted octanol–water partition coefficient (Wildman–Crippen LogP) is 0.585. The van der Waals surface area contributed by atoms with Crippen LogP contribution in [0.5, 0.6) is 0 Å². The minimum Gasteiger partial charge on any atom is -0.618 e. The molecular weight excluding hydrogens is 190 g/mol. The van der Waals surface area contributed by atoms with E-state index in [-0.39, 0.29) is 11.7 Å². The van der Waals surface area contributed by atoms with Crippen molar-refractivity contribution in [1.29, 1.82) is 0 Å². The van der Waals surface area contributed by atoms with E-state index in [1.54, 1.807) is 18.2 Å². The van der Waals surface area contributed by atoms with Crippen LogP contribution in [-0.4, -0.2) is 18.8 Å². The molecule has 0 aliphatic heterocycles. The van der Waals surface area contributed by atoms with E-state index >= 15 is 0 Å². The van der Waals surface area contributed by atoms with Gasteiger partial charge in [0.2, 0.25) is 0 Å². The Morgan fingerprint density at radius 1 is 1.69 bits per heavy atom. The number of thioether (sulfide) groups is 1. The summed E-state index contributed by atoms with van der Waals surface area (Å²) in [6, 6.07) is 5.03. The fourth-order valence-corrected chi connectivity index (χ4v) is 1.46. The van der Waals surface area contributed by atoms with Gasteiger partial charge in [0, 0.05) is 12.1 Å². The Labute approximate surface area is 80.1 Å². The molecule has 0 saturated heterocycles. The molecule has 0 saturated carbocycles. The SMILES string of the molecule is COC(=O)CSc1cccc[n+]1[O-]. The average molecular weight is 199 g/mol. The number of methoxy groups -OCH3 is 1. The smallest absolute Gasteiger partial charge is 0.316 e. The lowest BCUT2D eigenvalue weighted by Crippen LogP contribution is -2.28. The zero-order valence-electron chi connectivity index (χ0n) is 7.10. The third-order valence-electron chi connectivity index (χ3n) is 1.35. The summed E-state index contributed by atoms with van der Waals surface area (Å²) < 4.78 is 5.16. The van der Waals surface area contributed by atoms with Crippen molar-refractivity contribution in [3.8, 4) is 0 Å². The predicted molar refractivity (Wildman–Crippen MR) is 48.1 cm³/mol. The van der Waals surface area contributed by atoms with Crippen molar-refractivity contribution >= 4 is 17.7 Å². The molecule has 0 N–H and O–H groups in total. The highest BCUT2D eigenvalue weighted by molar-refractivity contribution is 7.99. The molecular formula is C8H9NO3S. The number of pyridine rings is 1. The monoisotopic (exact) mass is 199 g/mol. The van der Waals surface area contributed by atoms with Crippen molar-refractivity contribution < 1.29 is 14.3 Å². The van der Waals surface area contributed by atoms with Gasteiger partial charge in [0.25, 0.3) is 5.03 Å². The van der Waals surface area contributed by atoms with E-state index in [4.69, 9.17) is 0 Å². The van der Waals surface area contributed by atoms with Crippen molar-refractivity contribution in [2.45, 2.75) is 5.03 Å². The normalized spacial score (nSPS) is 9.62. The van der Waals surface area contributed by atoms with Crippen LogP contribution in [0.25, 0.3) is 0 Å². The zero-order chi connectivity index (χ0) is 9.68. The first-order chi connectivity index (χ1) is 6.24. The Morgan fingerprint density at radius 2 is 2.46 bits per heavy atom. The lowest BCUT2D eigenvalue weighted by atomic mass is 10.5. The largest absolute Gasteiger partial charge is 0.618 e. The molecule has 0 bridgehead atoms. The third kappa shape index (κ3) is 2.95. The van der Waals surface area contributed by atoms with Crippen LogP contribution in [-0.2, 0) is 9.53 Å². The molecule has 1 aromatic rings. The lowest BCUT2D eigenvalue weighted by molar-refractivity contribution is -0.645. The quantitative estimate of drug-likeness (QED) is 0.309. The Morgan fingerprint density at radius 3 is 3.08 bits per heavy atom. The molecule has 0 unspecified atom stereocenters. The number of nitrogens with zero attached hydrogens (tertiary/aromatic N) is 1. The molecule has 5 heteroatoms. The molecule has 0 amide bonds.